The Kier molecular flexibility index (Phi) is 8.52. The first-order valence-electron chi connectivity index (χ1n) is 20.4. The summed E-state index contributed by atoms with van der Waals surface area (Å²) in [6.07, 6.45) is 9.92. The van der Waals surface area contributed by atoms with Crippen LogP contribution in [-0.4, -0.2) is 15.9 Å². The van der Waals surface area contributed by atoms with E-state index in [-0.39, 0.29) is 0 Å². The van der Waals surface area contributed by atoms with Gasteiger partial charge < -0.3 is 9.13 Å². The van der Waals surface area contributed by atoms with E-state index in [4.69, 9.17) is 0 Å². The van der Waals surface area contributed by atoms with Gasteiger partial charge in [-0.2, -0.15) is 0 Å². The molecule has 10 aromatic rings. The monoisotopic (exact) mass is 755 g/mol. The molecule has 1 atom stereocenters. The average Bonchev–Trinajstić information content (AvgIpc) is 3.82. The SMILES string of the molecule is C=NCc1cccc(-c2cccc(-c3cccc(-n4c5ccccc5c5cc(-c6ccc7c(c6)c6ccccc6n7-c6cccc(C7C=CC=CC7)c6)ccc54)c3)c2)c1. The molecular weight excluding hydrogens is 715 g/mol. The Balaban J connectivity index is 0.992. The van der Waals surface area contributed by atoms with Crippen LogP contribution in [0.5, 0.6) is 0 Å². The van der Waals surface area contributed by atoms with Gasteiger partial charge in [0.1, 0.15) is 0 Å². The highest BCUT2D eigenvalue weighted by atomic mass is 15.0. The lowest BCUT2D eigenvalue weighted by molar-refractivity contribution is 0.852. The van der Waals surface area contributed by atoms with E-state index < -0.39 is 0 Å². The van der Waals surface area contributed by atoms with E-state index in [2.05, 4.69) is 227 Å². The molecule has 2 aromatic heterocycles. The topological polar surface area (TPSA) is 22.2 Å². The van der Waals surface area contributed by atoms with Gasteiger partial charge in [-0.3, -0.25) is 4.99 Å². The Bertz CT molecular complexity index is 3320. The van der Waals surface area contributed by atoms with Gasteiger partial charge in [0.25, 0.3) is 0 Å². The summed E-state index contributed by atoms with van der Waals surface area (Å²) in [5, 5.41) is 5.00. The number of aliphatic imine (C=N–C) groups is 1. The minimum Gasteiger partial charge on any atom is -0.309 e. The van der Waals surface area contributed by atoms with E-state index in [0.29, 0.717) is 12.5 Å². The molecule has 8 aromatic carbocycles. The average molecular weight is 756 g/mol. The third-order valence-electron chi connectivity index (χ3n) is 12.1. The third-order valence-corrected chi connectivity index (χ3v) is 12.1. The Morgan fingerprint density at radius 3 is 1.59 bits per heavy atom. The van der Waals surface area contributed by atoms with Gasteiger partial charge in [-0.25, -0.2) is 0 Å². The van der Waals surface area contributed by atoms with Gasteiger partial charge in [0.05, 0.1) is 28.6 Å². The summed E-state index contributed by atoms with van der Waals surface area (Å²) in [7, 11) is 0. The zero-order chi connectivity index (χ0) is 39.3. The first-order valence-corrected chi connectivity index (χ1v) is 20.4. The summed E-state index contributed by atoms with van der Waals surface area (Å²) in [5.41, 5.74) is 16.8. The lowest BCUT2D eigenvalue weighted by Gasteiger charge is -2.16. The molecule has 0 saturated heterocycles. The van der Waals surface area contributed by atoms with Crippen LogP contribution in [-0.2, 0) is 6.54 Å². The minimum atomic E-state index is 0.399. The molecular formula is C56H41N3. The number of hydrogen-bond acceptors (Lipinski definition) is 1. The predicted octanol–water partition coefficient (Wildman–Crippen LogP) is 14.7. The van der Waals surface area contributed by atoms with Crippen molar-refractivity contribution in [2.45, 2.75) is 18.9 Å². The number of hydrogen-bond donors (Lipinski definition) is 0. The molecule has 0 spiro atoms. The molecule has 0 radical (unpaired) electrons. The summed E-state index contributed by atoms with van der Waals surface area (Å²) in [6, 6.07) is 67.0. The van der Waals surface area contributed by atoms with Crippen LogP contribution in [0.3, 0.4) is 0 Å². The van der Waals surface area contributed by atoms with Crippen molar-refractivity contribution in [1.82, 2.24) is 9.13 Å². The van der Waals surface area contributed by atoms with Crippen LogP contribution in [0.4, 0.5) is 0 Å². The van der Waals surface area contributed by atoms with Crippen LogP contribution in [0.2, 0.25) is 0 Å². The standard InChI is InChI=1S/C56H41N3/c1-57-37-38-13-9-16-40(31-38)41-17-10-18-42(32-41)44-20-12-22-48(34-44)59-54-26-8-6-24-50(54)52-36-46(28-30-56(52)59)45-27-29-55-51(35-45)49-23-5-7-25-53(49)58(55)47-21-11-19-43(33-47)39-14-3-2-4-15-39/h2-14,16-36,39H,1,15,37H2. The van der Waals surface area contributed by atoms with Crippen LogP contribution < -0.4 is 0 Å². The lowest BCUT2D eigenvalue weighted by atomic mass is 9.92. The van der Waals surface area contributed by atoms with Crippen molar-refractivity contribution < 1.29 is 0 Å². The predicted molar refractivity (Wildman–Crippen MR) is 250 cm³/mol. The number of fused-ring (bicyclic) bond motifs is 6. The second-order valence-electron chi connectivity index (χ2n) is 15.6. The van der Waals surface area contributed by atoms with Crippen LogP contribution in [0, 0.1) is 0 Å². The zero-order valence-electron chi connectivity index (χ0n) is 32.7. The molecule has 1 unspecified atom stereocenters. The molecule has 0 saturated carbocycles. The molecule has 0 aliphatic heterocycles. The van der Waals surface area contributed by atoms with Crippen molar-refractivity contribution >= 4 is 50.3 Å². The van der Waals surface area contributed by atoms with E-state index >= 15 is 0 Å². The van der Waals surface area contributed by atoms with Crippen molar-refractivity contribution in [3.8, 4) is 44.8 Å². The third kappa shape index (κ3) is 6.11. The van der Waals surface area contributed by atoms with Gasteiger partial charge in [-0.15, -0.1) is 0 Å². The quantitative estimate of drug-likeness (QED) is 0.138. The van der Waals surface area contributed by atoms with Crippen molar-refractivity contribution in [3.05, 3.63) is 217 Å². The molecule has 0 amide bonds. The van der Waals surface area contributed by atoms with Gasteiger partial charge in [0.2, 0.25) is 0 Å². The fourth-order valence-electron chi connectivity index (χ4n) is 9.26. The maximum absolute atomic E-state index is 4.09. The summed E-state index contributed by atoms with van der Waals surface area (Å²) < 4.78 is 4.85. The smallest absolute Gasteiger partial charge is 0.0632 e. The summed E-state index contributed by atoms with van der Waals surface area (Å²) in [5.74, 6) is 0.399. The van der Waals surface area contributed by atoms with Crippen molar-refractivity contribution in [1.29, 1.82) is 0 Å². The number of para-hydroxylation sites is 2. The van der Waals surface area contributed by atoms with Crippen LogP contribution in [0.25, 0.3) is 88.4 Å². The second kappa shape index (κ2) is 14.5. The van der Waals surface area contributed by atoms with Crippen LogP contribution in [0.15, 0.2) is 211 Å². The number of allylic oxidation sites excluding steroid dienone is 4. The molecule has 3 heteroatoms. The van der Waals surface area contributed by atoms with Crippen molar-refractivity contribution in [2.75, 3.05) is 0 Å². The first-order chi connectivity index (χ1) is 29.2. The molecule has 1 aliphatic carbocycles. The highest BCUT2D eigenvalue weighted by Crippen LogP contribution is 2.39. The van der Waals surface area contributed by atoms with Crippen molar-refractivity contribution in [3.63, 3.8) is 0 Å². The van der Waals surface area contributed by atoms with E-state index in [1.165, 1.54) is 88.2 Å². The number of aromatic nitrogens is 2. The van der Waals surface area contributed by atoms with Crippen molar-refractivity contribution in [2.24, 2.45) is 4.99 Å². The molecule has 3 nitrogen and oxygen atoms in total. The molecule has 11 rings (SSSR count). The second-order valence-corrected chi connectivity index (χ2v) is 15.6. The first kappa shape index (κ1) is 34.7. The maximum atomic E-state index is 4.09. The molecule has 0 bridgehead atoms. The minimum absolute atomic E-state index is 0.399. The molecule has 59 heavy (non-hydrogen) atoms. The Labute approximate surface area is 344 Å². The lowest BCUT2D eigenvalue weighted by Crippen LogP contribution is -1.99. The van der Waals surface area contributed by atoms with E-state index in [0.717, 1.165) is 17.7 Å². The Hall–Kier alpha value is -7.49. The van der Waals surface area contributed by atoms with E-state index in [1.807, 2.05) is 0 Å². The Morgan fingerprint density at radius 2 is 0.966 bits per heavy atom. The molecule has 1 aliphatic rings. The zero-order valence-corrected chi connectivity index (χ0v) is 32.7. The van der Waals surface area contributed by atoms with Gasteiger partial charge in [0, 0.05) is 38.8 Å². The molecule has 0 N–H and O–H groups in total. The fourth-order valence-corrected chi connectivity index (χ4v) is 9.26. The Morgan fingerprint density at radius 1 is 0.441 bits per heavy atom. The van der Waals surface area contributed by atoms with Gasteiger partial charge >= 0.3 is 0 Å². The van der Waals surface area contributed by atoms with Crippen LogP contribution >= 0.6 is 0 Å². The number of benzene rings is 8. The normalized spacial score (nSPS) is 13.9. The summed E-state index contributed by atoms with van der Waals surface area (Å²) >= 11 is 0. The largest absolute Gasteiger partial charge is 0.309 e. The highest BCUT2D eigenvalue weighted by Gasteiger charge is 2.18. The number of nitrogens with zero attached hydrogens (tertiary/aromatic N) is 3. The summed E-state index contributed by atoms with van der Waals surface area (Å²) in [6.45, 7) is 4.30. The maximum Gasteiger partial charge on any atom is 0.0632 e. The molecule has 280 valence electrons. The fraction of sp³-hybridized carbons (Fsp3) is 0.0536. The van der Waals surface area contributed by atoms with Gasteiger partial charge in [0.15, 0.2) is 0 Å². The van der Waals surface area contributed by atoms with E-state index in [1.54, 1.807) is 0 Å². The van der Waals surface area contributed by atoms with E-state index in [9.17, 15) is 0 Å². The highest BCUT2D eigenvalue weighted by molar-refractivity contribution is 6.12. The summed E-state index contributed by atoms with van der Waals surface area (Å²) in [4.78, 5) is 4.09. The number of rotatable bonds is 8. The van der Waals surface area contributed by atoms with Gasteiger partial charge in [-0.05, 0) is 130 Å². The molecule has 0 fully saturated rings. The molecule has 2 heterocycles. The van der Waals surface area contributed by atoms with Gasteiger partial charge in [-0.1, -0.05) is 133 Å². The van der Waals surface area contributed by atoms with Crippen LogP contribution in [0.1, 0.15) is 23.5 Å².